The van der Waals surface area contributed by atoms with E-state index in [0.717, 1.165) is 37.5 Å². The van der Waals surface area contributed by atoms with Crippen molar-refractivity contribution in [2.45, 2.75) is 51.2 Å². The normalized spacial score (nSPS) is 20.3. The number of rotatable bonds is 7. The van der Waals surface area contributed by atoms with Gasteiger partial charge in [0.1, 0.15) is 0 Å². The van der Waals surface area contributed by atoms with Crippen LogP contribution < -0.4 is 0 Å². The van der Waals surface area contributed by atoms with Crippen LogP contribution in [0.4, 0.5) is 0 Å². The summed E-state index contributed by atoms with van der Waals surface area (Å²) >= 11 is 0. The number of aryl methyl sites for hydroxylation is 1. The maximum atomic E-state index is 9.54. The lowest BCUT2D eigenvalue weighted by Gasteiger charge is -2.35. The monoisotopic (exact) mass is 326 g/mol. The molecule has 0 amide bonds. The Kier molecular flexibility index (Phi) is 4.63. The van der Waals surface area contributed by atoms with Gasteiger partial charge in [-0.1, -0.05) is 29.5 Å². The molecule has 2 aliphatic rings. The second kappa shape index (κ2) is 7.03. The molecular formula is C19H26N4O. The third-order valence-electron chi connectivity index (χ3n) is 5.26. The van der Waals surface area contributed by atoms with E-state index in [0.29, 0.717) is 12.6 Å². The molecule has 128 valence electrons. The van der Waals surface area contributed by atoms with Gasteiger partial charge in [-0.25, -0.2) is 0 Å². The third-order valence-corrected chi connectivity index (χ3v) is 5.26. The zero-order chi connectivity index (χ0) is 16.4. The van der Waals surface area contributed by atoms with E-state index in [-0.39, 0.29) is 6.61 Å². The van der Waals surface area contributed by atoms with E-state index in [9.17, 15) is 5.11 Å². The number of nitrogens with zero attached hydrogens (tertiary/aromatic N) is 4. The van der Waals surface area contributed by atoms with Crippen molar-refractivity contribution in [1.82, 2.24) is 19.9 Å². The van der Waals surface area contributed by atoms with Crippen LogP contribution in [0.2, 0.25) is 0 Å². The topological polar surface area (TPSA) is 54.2 Å². The fourth-order valence-corrected chi connectivity index (χ4v) is 3.85. The summed E-state index contributed by atoms with van der Waals surface area (Å²) in [5.41, 5.74) is 3.88. The Morgan fingerprint density at radius 1 is 1.21 bits per heavy atom. The molecule has 0 bridgehead atoms. The van der Waals surface area contributed by atoms with Gasteiger partial charge in [-0.3, -0.25) is 9.58 Å². The Bertz CT molecular complexity index is 680. The van der Waals surface area contributed by atoms with Crippen LogP contribution in [0, 0.1) is 5.92 Å². The molecule has 4 rings (SSSR count). The van der Waals surface area contributed by atoms with E-state index in [2.05, 4.69) is 45.7 Å². The highest BCUT2D eigenvalue weighted by molar-refractivity contribution is 5.32. The van der Waals surface area contributed by atoms with Gasteiger partial charge in [-0.2, -0.15) is 0 Å². The highest BCUT2D eigenvalue weighted by Crippen LogP contribution is 2.35. The predicted molar refractivity (Wildman–Crippen MR) is 92.4 cm³/mol. The number of aliphatic hydroxyl groups excluding tert-OH is 1. The second-order valence-corrected chi connectivity index (χ2v) is 7.18. The van der Waals surface area contributed by atoms with Crippen molar-refractivity contribution in [2.24, 2.45) is 5.92 Å². The Labute approximate surface area is 143 Å². The average Bonchev–Trinajstić information content (AvgIpc) is 3.32. The molecule has 1 aromatic carbocycles. The van der Waals surface area contributed by atoms with Crippen molar-refractivity contribution < 1.29 is 5.11 Å². The fraction of sp³-hybridized carbons (Fsp3) is 0.579. The molecule has 1 atom stereocenters. The molecule has 1 N–H and O–H groups in total. The first kappa shape index (κ1) is 15.8. The number of benzene rings is 1. The molecule has 2 aromatic rings. The largest absolute Gasteiger partial charge is 0.395 e. The van der Waals surface area contributed by atoms with Crippen molar-refractivity contribution >= 4 is 0 Å². The van der Waals surface area contributed by atoms with Gasteiger partial charge in [-0.15, -0.1) is 5.10 Å². The van der Waals surface area contributed by atoms with Crippen LogP contribution in [0.3, 0.4) is 0 Å². The third kappa shape index (κ3) is 3.52. The van der Waals surface area contributed by atoms with Crippen LogP contribution in [0.1, 0.15) is 48.5 Å². The van der Waals surface area contributed by atoms with Crippen molar-refractivity contribution in [3.63, 3.8) is 0 Å². The van der Waals surface area contributed by atoms with Gasteiger partial charge in [0, 0.05) is 31.9 Å². The van der Waals surface area contributed by atoms with Gasteiger partial charge in [0.05, 0.1) is 12.3 Å². The summed E-state index contributed by atoms with van der Waals surface area (Å²) in [5, 5.41) is 18.2. The molecule has 0 aliphatic heterocycles. The van der Waals surface area contributed by atoms with Gasteiger partial charge in [-0.05, 0) is 49.1 Å². The van der Waals surface area contributed by atoms with Gasteiger partial charge in [0.15, 0.2) is 0 Å². The minimum Gasteiger partial charge on any atom is -0.395 e. The molecule has 0 saturated heterocycles. The number of hydrogen-bond acceptors (Lipinski definition) is 4. The van der Waals surface area contributed by atoms with Gasteiger partial charge in [0.2, 0.25) is 0 Å². The molecule has 5 heteroatoms. The van der Waals surface area contributed by atoms with E-state index in [4.69, 9.17) is 0 Å². The van der Waals surface area contributed by atoms with E-state index in [1.165, 1.54) is 30.4 Å². The van der Waals surface area contributed by atoms with Crippen LogP contribution in [0.25, 0.3) is 0 Å². The van der Waals surface area contributed by atoms with E-state index in [1.807, 2.05) is 4.68 Å². The molecule has 1 aromatic heterocycles. The average molecular weight is 326 g/mol. The van der Waals surface area contributed by atoms with Gasteiger partial charge >= 0.3 is 0 Å². The zero-order valence-corrected chi connectivity index (χ0v) is 14.1. The van der Waals surface area contributed by atoms with Crippen molar-refractivity contribution in [3.8, 4) is 0 Å². The van der Waals surface area contributed by atoms with Crippen molar-refractivity contribution in [1.29, 1.82) is 0 Å². The second-order valence-electron chi connectivity index (χ2n) is 7.18. The maximum Gasteiger partial charge on any atom is 0.0967 e. The number of aromatic nitrogens is 3. The van der Waals surface area contributed by atoms with Crippen LogP contribution in [0.5, 0.6) is 0 Å². The maximum absolute atomic E-state index is 9.54. The molecule has 1 unspecified atom stereocenters. The van der Waals surface area contributed by atoms with Crippen LogP contribution in [0.15, 0.2) is 30.5 Å². The number of aliphatic hydroxyl groups is 1. The first-order valence-corrected chi connectivity index (χ1v) is 9.15. The molecule has 24 heavy (non-hydrogen) atoms. The van der Waals surface area contributed by atoms with E-state index in [1.54, 1.807) is 0 Å². The molecule has 0 spiro atoms. The van der Waals surface area contributed by atoms with Gasteiger partial charge < -0.3 is 5.11 Å². The van der Waals surface area contributed by atoms with E-state index < -0.39 is 0 Å². The lowest BCUT2D eigenvalue weighted by atomic mass is 9.86. The van der Waals surface area contributed by atoms with Crippen molar-refractivity contribution in [2.75, 3.05) is 13.2 Å². The Balaban J connectivity index is 1.50. The smallest absolute Gasteiger partial charge is 0.0967 e. The number of hydrogen-bond donors (Lipinski definition) is 1. The Hall–Kier alpha value is -1.72. The molecule has 1 heterocycles. The Morgan fingerprint density at radius 3 is 2.92 bits per heavy atom. The first-order valence-electron chi connectivity index (χ1n) is 9.15. The molecule has 2 aliphatic carbocycles. The summed E-state index contributed by atoms with van der Waals surface area (Å²) in [5.74, 6) is 0.804. The highest BCUT2D eigenvalue weighted by atomic mass is 16.3. The molecular weight excluding hydrogens is 300 g/mol. The van der Waals surface area contributed by atoms with Gasteiger partial charge in [0.25, 0.3) is 0 Å². The van der Waals surface area contributed by atoms with Crippen LogP contribution in [-0.2, 0) is 19.5 Å². The lowest BCUT2D eigenvalue weighted by molar-refractivity contribution is 0.130. The summed E-state index contributed by atoms with van der Waals surface area (Å²) in [6.45, 7) is 2.60. The zero-order valence-electron chi connectivity index (χ0n) is 14.1. The fourth-order valence-electron chi connectivity index (χ4n) is 3.85. The minimum atomic E-state index is 0.175. The summed E-state index contributed by atoms with van der Waals surface area (Å²) in [6, 6.07) is 9.11. The predicted octanol–water partition coefficient (Wildman–Crippen LogP) is 2.56. The first-order chi connectivity index (χ1) is 11.8. The number of fused-ring (bicyclic) bond motifs is 1. The summed E-state index contributed by atoms with van der Waals surface area (Å²) in [6.07, 6.45) is 8.25. The van der Waals surface area contributed by atoms with Crippen molar-refractivity contribution in [3.05, 3.63) is 47.3 Å². The van der Waals surface area contributed by atoms with E-state index >= 15 is 0 Å². The quantitative estimate of drug-likeness (QED) is 0.849. The standard InChI is InChI=1S/C19H26N4O/c24-11-10-22(13-17-14-23(21-20-17)12-15-8-9-15)19-7-3-5-16-4-1-2-6-18(16)19/h1-2,4,6,14-15,19,24H,3,5,7-13H2. The van der Waals surface area contributed by atoms with Crippen LogP contribution in [-0.4, -0.2) is 38.2 Å². The SMILES string of the molecule is OCCN(Cc1cn(CC2CC2)nn1)C1CCCc2ccccc21. The Morgan fingerprint density at radius 2 is 2.08 bits per heavy atom. The summed E-state index contributed by atoms with van der Waals surface area (Å²) in [7, 11) is 0. The lowest BCUT2D eigenvalue weighted by Crippen LogP contribution is -2.33. The summed E-state index contributed by atoms with van der Waals surface area (Å²) < 4.78 is 1.99. The minimum absolute atomic E-state index is 0.175. The van der Waals surface area contributed by atoms with Crippen LogP contribution >= 0.6 is 0 Å². The molecule has 0 radical (unpaired) electrons. The molecule has 1 saturated carbocycles. The highest BCUT2D eigenvalue weighted by Gasteiger charge is 2.26. The molecule has 1 fully saturated rings. The summed E-state index contributed by atoms with van der Waals surface area (Å²) in [4.78, 5) is 2.36. The molecule has 5 nitrogen and oxygen atoms in total.